The molecule has 0 fully saturated rings. The van der Waals surface area contributed by atoms with E-state index in [1.165, 1.54) is 47.8 Å². The van der Waals surface area contributed by atoms with Crippen molar-refractivity contribution in [1.29, 1.82) is 0 Å². The fourth-order valence-electron chi connectivity index (χ4n) is 8.35. The van der Waals surface area contributed by atoms with Gasteiger partial charge in [-0.05, 0) is 87.8 Å². The summed E-state index contributed by atoms with van der Waals surface area (Å²) in [6.07, 6.45) is 0. The Morgan fingerprint density at radius 1 is 0.364 bits per heavy atom. The Kier molecular flexibility index (Phi) is 7.39. The summed E-state index contributed by atoms with van der Waals surface area (Å²) in [5.41, 5.74) is 12.3. The zero-order valence-electron chi connectivity index (χ0n) is 29.8. The highest BCUT2D eigenvalue weighted by molar-refractivity contribution is 7.25. The summed E-state index contributed by atoms with van der Waals surface area (Å²) in [6.45, 7) is 0. The molecule has 9 aromatic carbocycles. The number of hydrogen-bond donors (Lipinski definition) is 0. The summed E-state index contributed by atoms with van der Waals surface area (Å²) in [7, 11) is 0. The van der Waals surface area contributed by atoms with Crippen LogP contribution in [0.5, 0.6) is 0 Å². The van der Waals surface area contributed by atoms with Crippen molar-refractivity contribution in [2.24, 2.45) is 0 Å². The van der Waals surface area contributed by atoms with E-state index in [0.717, 1.165) is 55.5 Å². The minimum atomic E-state index is 0.901. The van der Waals surface area contributed by atoms with E-state index in [4.69, 9.17) is 4.42 Å². The molecule has 55 heavy (non-hydrogen) atoms. The van der Waals surface area contributed by atoms with Crippen molar-refractivity contribution in [2.45, 2.75) is 0 Å². The van der Waals surface area contributed by atoms with E-state index in [0.29, 0.717) is 0 Å². The summed E-state index contributed by atoms with van der Waals surface area (Å²) < 4.78 is 9.17. The second-order valence-corrected chi connectivity index (χ2v) is 15.1. The maximum absolute atomic E-state index is 6.53. The van der Waals surface area contributed by atoms with Crippen LogP contribution in [0.3, 0.4) is 0 Å². The van der Waals surface area contributed by atoms with Gasteiger partial charge in [-0.3, -0.25) is 0 Å². The molecule has 2 nitrogen and oxygen atoms in total. The van der Waals surface area contributed by atoms with Gasteiger partial charge in [0.25, 0.3) is 0 Å². The van der Waals surface area contributed by atoms with Crippen LogP contribution in [0.1, 0.15) is 0 Å². The number of benzene rings is 9. The van der Waals surface area contributed by atoms with E-state index < -0.39 is 0 Å². The maximum atomic E-state index is 6.53. The number of rotatable bonds is 6. The Labute approximate surface area is 322 Å². The van der Waals surface area contributed by atoms with Crippen LogP contribution in [0.25, 0.3) is 86.3 Å². The van der Waals surface area contributed by atoms with Gasteiger partial charge in [-0.15, -0.1) is 11.3 Å². The number of para-hydroxylation sites is 1. The van der Waals surface area contributed by atoms with Gasteiger partial charge in [0.2, 0.25) is 0 Å². The number of anilines is 3. The van der Waals surface area contributed by atoms with E-state index in [-0.39, 0.29) is 0 Å². The third-order valence-corrected chi connectivity index (χ3v) is 12.0. The molecule has 0 saturated heterocycles. The smallest absolute Gasteiger partial charge is 0.143 e. The molecule has 258 valence electrons. The zero-order valence-corrected chi connectivity index (χ0v) is 30.6. The lowest BCUT2D eigenvalue weighted by atomic mass is 9.97. The molecule has 0 saturated carbocycles. The van der Waals surface area contributed by atoms with Gasteiger partial charge in [-0.25, -0.2) is 0 Å². The van der Waals surface area contributed by atoms with E-state index in [1.54, 1.807) is 0 Å². The summed E-state index contributed by atoms with van der Waals surface area (Å²) in [4.78, 5) is 2.39. The monoisotopic (exact) mass is 719 g/mol. The maximum Gasteiger partial charge on any atom is 0.143 e. The summed E-state index contributed by atoms with van der Waals surface area (Å²) in [6, 6.07) is 72.1. The van der Waals surface area contributed by atoms with Gasteiger partial charge in [0.15, 0.2) is 0 Å². The highest BCUT2D eigenvalue weighted by Crippen LogP contribution is 2.45. The van der Waals surface area contributed by atoms with Crippen molar-refractivity contribution in [3.63, 3.8) is 0 Å². The summed E-state index contributed by atoms with van der Waals surface area (Å²) in [5.74, 6) is 0. The predicted molar refractivity (Wildman–Crippen MR) is 235 cm³/mol. The molecule has 0 amide bonds. The van der Waals surface area contributed by atoms with Crippen LogP contribution in [-0.4, -0.2) is 0 Å². The molecule has 0 aliphatic heterocycles. The fourth-order valence-corrected chi connectivity index (χ4v) is 9.48. The number of thiophene rings is 1. The van der Waals surface area contributed by atoms with Crippen molar-refractivity contribution >= 4 is 81.3 Å². The molecule has 0 N–H and O–H groups in total. The van der Waals surface area contributed by atoms with E-state index in [2.05, 4.69) is 205 Å². The van der Waals surface area contributed by atoms with Crippen molar-refractivity contribution in [3.05, 3.63) is 200 Å². The first-order valence-corrected chi connectivity index (χ1v) is 19.5. The molecule has 0 radical (unpaired) electrons. The minimum Gasteiger partial charge on any atom is -0.455 e. The van der Waals surface area contributed by atoms with Gasteiger partial charge in [0.1, 0.15) is 11.2 Å². The van der Waals surface area contributed by atoms with Gasteiger partial charge in [-0.2, -0.15) is 0 Å². The standard InChI is InChI=1S/C52H33NOS/c1-2-12-34(13-3-1)40-15-6-8-20-46(40)53(39-31-26-37(27-32-39)42-19-11-23-49-51(42)44-17-7-9-22-48(44)55-49)38-29-24-36(25-30-38)41-18-10-21-47-50(41)45-33-28-35-14-4-5-16-43(35)52(45)54-47/h1-33H. The Morgan fingerprint density at radius 3 is 1.73 bits per heavy atom. The normalized spacial score (nSPS) is 11.6. The molecule has 2 heterocycles. The molecule has 0 bridgehead atoms. The highest BCUT2D eigenvalue weighted by atomic mass is 32.1. The first-order valence-electron chi connectivity index (χ1n) is 18.7. The molecule has 3 heteroatoms. The molecule has 0 aliphatic rings. The summed E-state index contributed by atoms with van der Waals surface area (Å²) in [5, 5.41) is 7.24. The Balaban J connectivity index is 1.05. The van der Waals surface area contributed by atoms with Crippen LogP contribution >= 0.6 is 11.3 Å². The third kappa shape index (κ3) is 5.24. The number of fused-ring (bicyclic) bond motifs is 8. The van der Waals surface area contributed by atoms with Crippen molar-refractivity contribution in [3.8, 4) is 33.4 Å². The van der Waals surface area contributed by atoms with Crippen LogP contribution in [0, 0.1) is 0 Å². The second kappa shape index (κ2) is 12.9. The molecule has 11 rings (SSSR count). The number of nitrogens with zero attached hydrogens (tertiary/aromatic N) is 1. The average Bonchev–Trinajstić information content (AvgIpc) is 3.84. The highest BCUT2D eigenvalue weighted by Gasteiger charge is 2.19. The molecule has 0 atom stereocenters. The average molecular weight is 720 g/mol. The lowest BCUT2D eigenvalue weighted by Gasteiger charge is -2.28. The Hall–Kier alpha value is -6.94. The van der Waals surface area contributed by atoms with E-state index >= 15 is 0 Å². The van der Waals surface area contributed by atoms with Crippen molar-refractivity contribution in [1.82, 2.24) is 0 Å². The molecule has 0 unspecified atom stereocenters. The molecule has 0 aliphatic carbocycles. The molecule has 0 spiro atoms. The molecule has 11 aromatic rings. The third-order valence-electron chi connectivity index (χ3n) is 10.9. The quantitative estimate of drug-likeness (QED) is 0.170. The zero-order chi connectivity index (χ0) is 36.3. The first-order chi connectivity index (χ1) is 27.3. The van der Waals surface area contributed by atoms with Gasteiger partial charge < -0.3 is 9.32 Å². The lowest BCUT2D eigenvalue weighted by Crippen LogP contribution is -2.11. The predicted octanol–water partition coefficient (Wildman–Crippen LogP) is 15.6. The minimum absolute atomic E-state index is 0.901. The molecular weight excluding hydrogens is 687 g/mol. The number of furan rings is 1. The summed E-state index contributed by atoms with van der Waals surface area (Å²) >= 11 is 1.86. The van der Waals surface area contributed by atoms with Gasteiger partial charge in [0.05, 0.1) is 5.69 Å². The van der Waals surface area contributed by atoms with Crippen LogP contribution < -0.4 is 4.90 Å². The Morgan fingerprint density at radius 2 is 0.945 bits per heavy atom. The van der Waals surface area contributed by atoms with Gasteiger partial charge in [0, 0.05) is 53.3 Å². The van der Waals surface area contributed by atoms with Gasteiger partial charge in [-0.1, -0.05) is 146 Å². The second-order valence-electron chi connectivity index (χ2n) is 14.0. The van der Waals surface area contributed by atoms with Crippen LogP contribution in [0.2, 0.25) is 0 Å². The topological polar surface area (TPSA) is 16.4 Å². The van der Waals surface area contributed by atoms with Crippen molar-refractivity contribution < 1.29 is 4.42 Å². The Bertz CT molecular complexity index is 3190. The van der Waals surface area contributed by atoms with E-state index in [9.17, 15) is 0 Å². The lowest BCUT2D eigenvalue weighted by molar-refractivity contribution is 0.673. The van der Waals surface area contributed by atoms with Gasteiger partial charge >= 0.3 is 0 Å². The molecular formula is C52H33NOS. The van der Waals surface area contributed by atoms with E-state index in [1.807, 2.05) is 11.3 Å². The SMILES string of the molecule is c1ccc(-c2ccccc2N(c2ccc(-c3cccc4oc5c6ccccc6ccc5c34)cc2)c2ccc(-c3cccc4sc5ccccc5c34)cc2)cc1. The van der Waals surface area contributed by atoms with Crippen molar-refractivity contribution in [2.75, 3.05) is 4.90 Å². The number of hydrogen-bond acceptors (Lipinski definition) is 3. The first kappa shape index (κ1) is 31.6. The van der Waals surface area contributed by atoms with Crippen LogP contribution in [0.4, 0.5) is 17.1 Å². The van der Waals surface area contributed by atoms with Crippen LogP contribution in [0.15, 0.2) is 205 Å². The van der Waals surface area contributed by atoms with Crippen LogP contribution in [-0.2, 0) is 0 Å². The fraction of sp³-hybridized carbons (Fsp3) is 0. The molecule has 2 aromatic heterocycles. The largest absolute Gasteiger partial charge is 0.455 e.